The van der Waals surface area contributed by atoms with Crippen molar-refractivity contribution < 1.29 is 14.7 Å². The molecule has 0 fully saturated rings. The molecule has 0 aliphatic heterocycles. The third-order valence-corrected chi connectivity index (χ3v) is 5.77. The van der Waals surface area contributed by atoms with Gasteiger partial charge >= 0.3 is 6.09 Å². The highest BCUT2D eigenvalue weighted by atomic mass is 16.4. The van der Waals surface area contributed by atoms with Crippen molar-refractivity contribution in [2.75, 3.05) is 19.6 Å². The summed E-state index contributed by atoms with van der Waals surface area (Å²) in [5.41, 5.74) is 6.98. The average Bonchev–Trinajstić information content (AvgIpc) is 3.09. The van der Waals surface area contributed by atoms with Gasteiger partial charge in [0, 0.05) is 41.8 Å². The smallest absolute Gasteiger partial charge is 0.404 e. The zero-order chi connectivity index (χ0) is 25.0. The fraction of sp³-hybridized carbons (Fsp3) is 0.429. The lowest BCUT2D eigenvalue weighted by Gasteiger charge is -2.26. The second-order valence-corrected chi connectivity index (χ2v) is 10.1. The minimum atomic E-state index is -1.04. The second kappa shape index (κ2) is 10.8. The first-order valence-electron chi connectivity index (χ1n) is 12.0. The quantitative estimate of drug-likeness (QED) is 0.363. The number of aryl methyl sites for hydroxylation is 2. The van der Waals surface area contributed by atoms with Crippen LogP contribution < -0.4 is 5.32 Å². The molecule has 0 atom stereocenters. The van der Waals surface area contributed by atoms with Crippen LogP contribution in [0.25, 0.3) is 22.2 Å². The minimum absolute atomic E-state index is 0.0352. The van der Waals surface area contributed by atoms with Gasteiger partial charge in [0.1, 0.15) is 0 Å². The normalized spacial score (nSPS) is 11.4. The van der Waals surface area contributed by atoms with Gasteiger partial charge in [0.15, 0.2) is 0 Å². The number of carbonyl (C=O) groups is 2. The van der Waals surface area contributed by atoms with Gasteiger partial charge in [0.2, 0.25) is 0 Å². The van der Waals surface area contributed by atoms with Crippen molar-refractivity contribution in [1.82, 2.24) is 15.2 Å². The fourth-order valence-electron chi connectivity index (χ4n) is 4.60. The van der Waals surface area contributed by atoms with Gasteiger partial charge in [-0.15, -0.1) is 0 Å². The first-order chi connectivity index (χ1) is 16.0. The molecule has 3 N–H and O–H groups in total. The Bertz CT molecular complexity index is 1150. The summed E-state index contributed by atoms with van der Waals surface area (Å²) >= 11 is 0. The first kappa shape index (κ1) is 25.3. The third kappa shape index (κ3) is 6.19. The molecule has 6 heteroatoms. The average molecular weight is 464 g/mol. The van der Waals surface area contributed by atoms with Crippen molar-refractivity contribution in [3.63, 3.8) is 0 Å². The van der Waals surface area contributed by atoms with Gasteiger partial charge in [0.25, 0.3) is 5.91 Å². The molecule has 3 aromatic rings. The molecule has 182 valence electrons. The van der Waals surface area contributed by atoms with Crippen molar-refractivity contribution in [2.24, 2.45) is 11.8 Å². The molecule has 0 saturated heterocycles. The summed E-state index contributed by atoms with van der Waals surface area (Å²) in [4.78, 5) is 30.0. The molecule has 0 radical (unpaired) electrons. The van der Waals surface area contributed by atoms with E-state index in [9.17, 15) is 9.59 Å². The van der Waals surface area contributed by atoms with Crippen molar-refractivity contribution in [2.45, 2.75) is 48.0 Å². The number of aromatic amines is 1. The summed E-state index contributed by atoms with van der Waals surface area (Å²) < 4.78 is 0. The molecule has 0 bridgehead atoms. The fourth-order valence-corrected chi connectivity index (χ4v) is 4.60. The standard InChI is InChI=1S/C28H37N3O3/c1-17(2)15-31(16-18(3)4)27(32)21-7-8-25-24(14-21)23(9-10-29-28(33)34)26(30-25)22-12-19(5)11-20(6)13-22/h7-8,11-14,17-18,29-30H,9-10,15-16H2,1-6H3,(H,33,34). The Hall–Kier alpha value is -3.28. The lowest BCUT2D eigenvalue weighted by molar-refractivity contribution is 0.0715. The maximum absolute atomic E-state index is 13.5. The van der Waals surface area contributed by atoms with E-state index < -0.39 is 6.09 Å². The molecular weight excluding hydrogens is 426 g/mol. The first-order valence-corrected chi connectivity index (χ1v) is 12.0. The van der Waals surface area contributed by atoms with E-state index in [0.717, 1.165) is 38.9 Å². The summed E-state index contributed by atoms with van der Waals surface area (Å²) in [6.07, 6.45) is -0.518. The van der Waals surface area contributed by atoms with Crippen molar-refractivity contribution in [1.29, 1.82) is 0 Å². The Labute approximate surface area is 202 Å². The van der Waals surface area contributed by atoms with Gasteiger partial charge in [-0.2, -0.15) is 0 Å². The zero-order valence-corrected chi connectivity index (χ0v) is 21.2. The minimum Gasteiger partial charge on any atom is -0.465 e. The summed E-state index contributed by atoms with van der Waals surface area (Å²) in [5, 5.41) is 12.5. The van der Waals surface area contributed by atoms with E-state index in [4.69, 9.17) is 5.11 Å². The van der Waals surface area contributed by atoms with Gasteiger partial charge in [-0.25, -0.2) is 4.79 Å². The molecule has 3 rings (SSSR count). The highest BCUT2D eigenvalue weighted by Crippen LogP contribution is 2.33. The molecule has 2 amide bonds. The third-order valence-electron chi connectivity index (χ3n) is 5.77. The Kier molecular flexibility index (Phi) is 8.02. The van der Waals surface area contributed by atoms with Gasteiger partial charge in [-0.3, -0.25) is 4.79 Å². The van der Waals surface area contributed by atoms with E-state index >= 15 is 0 Å². The summed E-state index contributed by atoms with van der Waals surface area (Å²) in [6, 6.07) is 12.2. The maximum Gasteiger partial charge on any atom is 0.404 e. The Morgan fingerprint density at radius 2 is 1.59 bits per heavy atom. The van der Waals surface area contributed by atoms with Gasteiger partial charge in [0.05, 0.1) is 0 Å². The highest BCUT2D eigenvalue weighted by molar-refractivity contribution is 6.00. The van der Waals surface area contributed by atoms with E-state index in [1.807, 2.05) is 23.1 Å². The Balaban J connectivity index is 2.09. The van der Waals surface area contributed by atoms with Crippen LogP contribution in [0.2, 0.25) is 0 Å². The maximum atomic E-state index is 13.5. The van der Waals surface area contributed by atoms with Gasteiger partial charge in [-0.05, 0) is 73.6 Å². The number of aromatic nitrogens is 1. The number of benzene rings is 2. The Morgan fingerprint density at radius 1 is 0.971 bits per heavy atom. The lowest BCUT2D eigenvalue weighted by atomic mass is 9.98. The molecule has 0 unspecified atom stereocenters. The van der Waals surface area contributed by atoms with Crippen LogP contribution in [0.5, 0.6) is 0 Å². The predicted octanol–water partition coefficient (Wildman–Crippen LogP) is 6.02. The SMILES string of the molecule is Cc1cc(C)cc(-c2[nH]c3ccc(C(=O)N(CC(C)C)CC(C)C)cc3c2CCNC(=O)O)c1. The monoisotopic (exact) mass is 463 g/mol. The molecule has 0 saturated carbocycles. The van der Waals surface area contributed by atoms with Crippen LogP contribution in [-0.4, -0.2) is 46.6 Å². The number of amides is 2. The van der Waals surface area contributed by atoms with Crippen molar-refractivity contribution >= 4 is 22.9 Å². The molecule has 0 aliphatic carbocycles. The van der Waals surface area contributed by atoms with Crippen molar-refractivity contribution in [3.8, 4) is 11.3 Å². The number of carbonyl (C=O) groups excluding carboxylic acids is 1. The summed E-state index contributed by atoms with van der Waals surface area (Å²) in [6.45, 7) is 14.4. The number of hydrogen-bond donors (Lipinski definition) is 3. The van der Waals surface area contributed by atoms with Crippen LogP contribution in [0.3, 0.4) is 0 Å². The van der Waals surface area contributed by atoms with Crippen LogP contribution in [0.15, 0.2) is 36.4 Å². The molecular formula is C28H37N3O3. The summed E-state index contributed by atoms with van der Waals surface area (Å²) in [5.74, 6) is 0.799. The molecule has 1 heterocycles. The molecule has 0 spiro atoms. The van der Waals surface area contributed by atoms with Crippen LogP contribution in [0.4, 0.5) is 4.79 Å². The topological polar surface area (TPSA) is 85.4 Å². The van der Waals surface area contributed by atoms with Gasteiger partial charge < -0.3 is 20.3 Å². The second-order valence-electron chi connectivity index (χ2n) is 10.1. The predicted molar refractivity (Wildman–Crippen MR) is 139 cm³/mol. The lowest BCUT2D eigenvalue weighted by Crippen LogP contribution is -2.37. The van der Waals surface area contributed by atoms with E-state index in [-0.39, 0.29) is 5.91 Å². The number of hydrogen-bond acceptors (Lipinski definition) is 2. The largest absolute Gasteiger partial charge is 0.465 e. The number of carboxylic acid groups (broad SMARTS) is 1. The number of fused-ring (bicyclic) bond motifs is 1. The van der Waals surface area contributed by atoms with E-state index in [1.54, 1.807) is 0 Å². The number of nitrogens with zero attached hydrogens (tertiary/aromatic N) is 1. The van der Waals surface area contributed by atoms with E-state index in [1.165, 1.54) is 0 Å². The van der Waals surface area contributed by atoms with E-state index in [0.29, 0.717) is 43.5 Å². The Morgan fingerprint density at radius 3 is 2.15 bits per heavy atom. The molecule has 34 heavy (non-hydrogen) atoms. The zero-order valence-electron chi connectivity index (χ0n) is 21.2. The number of rotatable bonds is 9. The summed E-state index contributed by atoms with van der Waals surface area (Å²) in [7, 11) is 0. The number of H-pyrrole nitrogens is 1. The van der Waals surface area contributed by atoms with Crippen LogP contribution in [0.1, 0.15) is 54.7 Å². The molecule has 0 aliphatic rings. The highest BCUT2D eigenvalue weighted by Gasteiger charge is 2.21. The van der Waals surface area contributed by atoms with Crippen LogP contribution >= 0.6 is 0 Å². The van der Waals surface area contributed by atoms with Crippen molar-refractivity contribution in [3.05, 3.63) is 58.7 Å². The van der Waals surface area contributed by atoms with Gasteiger partial charge in [-0.1, -0.05) is 44.9 Å². The molecule has 1 aromatic heterocycles. The van der Waals surface area contributed by atoms with Crippen LogP contribution in [0, 0.1) is 25.7 Å². The van der Waals surface area contributed by atoms with E-state index in [2.05, 4.69) is 70.0 Å². The van der Waals surface area contributed by atoms with Crippen LogP contribution in [-0.2, 0) is 6.42 Å². The molecule has 2 aromatic carbocycles. The number of nitrogens with one attached hydrogen (secondary N) is 2. The molecule has 6 nitrogen and oxygen atoms in total.